The molecule has 0 saturated carbocycles. The number of carbonyl (C=O) groups is 3. The van der Waals surface area contributed by atoms with Crippen LogP contribution in [0.1, 0.15) is 367 Å². The zero-order valence-electron chi connectivity index (χ0n) is 54.1. The van der Waals surface area contributed by atoms with Crippen molar-refractivity contribution in [3.8, 4) is 0 Å². The van der Waals surface area contributed by atoms with E-state index in [1.54, 1.807) is 0 Å². The van der Waals surface area contributed by atoms with Gasteiger partial charge >= 0.3 is 17.9 Å². The Morgan fingerprint density at radius 1 is 0.259 bits per heavy atom. The van der Waals surface area contributed by atoms with Crippen molar-refractivity contribution >= 4 is 17.9 Å². The molecule has 0 amide bonds. The molecule has 0 heterocycles. The zero-order chi connectivity index (χ0) is 58.5. The van der Waals surface area contributed by atoms with E-state index in [9.17, 15) is 14.4 Å². The molecule has 0 rings (SSSR count). The Labute approximate surface area is 503 Å². The summed E-state index contributed by atoms with van der Waals surface area (Å²) in [6.45, 7) is 6.54. The van der Waals surface area contributed by atoms with Crippen molar-refractivity contribution < 1.29 is 28.6 Å². The van der Waals surface area contributed by atoms with Gasteiger partial charge in [-0.25, -0.2) is 0 Å². The van der Waals surface area contributed by atoms with Crippen molar-refractivity contribution in [2.45, 2.75) is 374 Å². The molecule has 0 fully saturated rings. The first-order valence-electron chi connectivity index (χ1n) is 35.4. The molecule has 1 atom stereocenters. The summed E-state index contributed by atoms with van der Waals surface area (Å²) in [5, 5.41) is 0. The third-order valence-electron chi connectivity index (χ3n) is 15.7. The highest BCUT2D eigenvalue weighted by molar-refractivity contribution is 5.71. The molecular weight excluding hydrogens is 997 g/mol. The van der Waals surface area contributed by atoms with E-state index in [2.05, 4.69) is 93.7 Å². The maximum absolute atomic E-state index is 13.0. The van der Waals surface area contributed by atoms with Gasteiger partial charge in [-0.3, -0.25) is 14.4 Å². The predicted molar refractivity (Wildman–Crippen MR) is 353 cm³/mol. The Kier molecular flexibility index (Phi) is 66.6. The van der Waals surface area contributed by atoms with Crippen molar-refractivity contribution in [3.63, 3.8) is 0 Å². The van der Waals surface area contributed by atoms with Crippen molar-refractivity contribution in [2.75, 3.05) is 13.2 Å². The highest BCUT2D eigenvalue weighted by atomic mass is 16.6. The van der Waals surface area contributed by atoms with E-state index in [0.29, 0.717) is 19.3 Å². The number of unbranched alkanes of at least 4 members (excludes halogenated alkanes) is 42. The molecule has 1 unspecified atom stereocenters. The molecule has 0 aromatic heterocycles. The Morgan fingerprint density at radius 3 is 0.790 bits per heavy atom. The van der Waals surface area contributed by atoms with Gasteiger partial charge in [0.25, 0.3) is 0 Å². The van der Waals surface area contributed by atoms with Crippen LogP contribution in [0.2, 0.25) is 0 Å². The molecule has 0 radical (unpaired) electrons. The highest BCUT2D eigenvalue weighted by Crippen LogP contribution is 2.18. The van der Waals surface area contributed by atoms with E-state index in [-0.39, 0.29) is 31.1 Å². The fourth-order valence-corrected chi connectivity index (χ4v) is 10.4. The molecule has 6 nitrogen and oxygen atoms in total. The number of ether oxygens (including phenoxy) is 3. The summed E-state index contributed by atoms with van der Waals surface area (Å²) in [5.74, 6) is -0.865. The van der Waals surface area contributed by atoms with E-state index in [1.165, 1.54) is 225 Å². The monoisotopic (exact) mass is 1130 g/mol. The first-order chi connectivity index (χ1) is 40.0. The van der Waals surface area contributed by atoms with Gasteiger partial charge in [0.15, 0.2) is 6.10 Å². The van der Waals surface area contributed by atoms with Crippen LogP contribution in [-0.4, -0.2) is 37.2 Å². The topological polar surface area (TPSA) is 78.9 Å². The number of carbonyl (C=O) groups excluding carboxylic acids is 3. The second-order valence-electron chi connectivity index (χ2n) is 23.8. The Bertz CT molecular complexity index is 1490. The van der Waals surface area contributed by atoms with Gasteiger partial charge in [0.2, 0.25) is 0 Å². The molecule has 0 spiro atoms. The van der Waals surface area contributed by atoms with E-state index >= 15 is 0 Å². The first-order valence-corrected chi connectivity index (χ1v) is 35.4. The predicted octanol–water partition coefficient (Wildman–Crippen LogP) is 24.4. The summed E-state index contributed by atoms with van der Waals surface area (Å²) in [5.41, 5.74) is 0. The minimum absolute atomic E-state index is 0.0749. The Balaban J connectivity index is 4.23. The van der Waals surface area contributed by atoms with Crippen molar-refractivity contribution in [1.82, 2.24) is 0 Å². The molecule has 0 aliphatic rings. The first kappa shape index (κ1) is 77.9. The number of allylic oxidation sites excluding steroid dienone is 12. The zero-order valence-corrected chi connectivity index (χ0v) is 54.1. The van der Waals surface area contributed by atoms with Crippen LogP contribution >= 0.6 is 0 Å². The lowest BCUT2D eigenvalue weighted by molar-refractivity contribution is -0.167. The number of hydrogen-bond acceptors (Lipinski definition) is 6. The van der Waals surface area contributed by atoms with Crippen LogP contribution in [-0.2, 0) is 28.6 Å². The van der Waals surface area contributed by atoms with Crippen molar-refractivity contribution in [3.05, 3.63) is 72.9 Å². The van der Waals surface area contributed by atoms with Gasteiger partial charge in [0, 0.05) is 19.3 Å². The molecule has 0 aliphatic carbocycles. The van der Waals surface area contributed by atoms with E-state index in [0.717, 1.165) is 103 Å². The molecular formula is C75H134O6. The molecule has 0 bridgehead atoms. The van der Waals surface area contributed by atoms with Crippen LogP contribution in [0.25, 0.3) is 0 Å². The van der Waals surface area contributed by atoms with Crippen LogP contribution in [0.4, 0.5) is 0 Å². The van der Waals surface area contributed by atoms with Gasteiger partial charge in [-0.1, -0.05) is 338 Å². The number of hydrogen-bond donors (Lipinski definition) is 0. The average molecular weight is 1130 g/mol. The van der Waals surface area contributed by atoms with Gasteiger partial charge in [0.1, 0.15) is 13.2 Å². The van der Waals surface area contributed by atoms with Gasteiger partial charge in [-0.2, -0.15) is 0 Å². The van der Waals surface area contributed by atoms with Gasteiger partial charge in [-0.05, 0) is 83.5 Å². The lowest BCUT2D eigenvalue weighted by atomic mass is 10.0. The van der Waals surface area contributed by atoms with E-state index in [4.69, 9.17) is 14.2 Å². The summed E-state index contributed by atoms with van der Waals surface area (Å²) in [7, 11) is 0. The molecule has 470 valence electrons. The summed E-state index contributed by atoms with van der Waals surface area (Å²) in [6, 6.07) is 0. The minimum atomic E-state index is -0.779. The van der Waals surface area contributed by atoms with Crippen LogP contribution in [0.15, 0.2) is 72.9 Å². The molecule has 0 aromatic rings. The third-order valence-corrected chi connectivity index (χ3v) is 15.7. The van der Waals surface area contributed by atoms with Crippen LogP contribution in [0, 0.1) is 0 Å². The lowest BCUT2D eigenvalue weighted by Crippen LogP contribution is -2.30. The molecule has 0 N–H and O–H groups in total. The lowest BCUT2D eigenvalue weighted by Gasteiger charge is -2.18. The third kappa shape index (κ3) is 67.5. The number of esters is 3. The van der Waals surface area contributed by atoms with Crippen LogP contribution < -0.4 is 0 Å². The Morgan fingerprint density at radius 2 is 0.494 bits per heavy atom. The fraction of sp³-hybridized carbons (Fsp3) is 0.800. The second-order valence-corrected chi connectivity index (χ2v) is 23.8. The Hall–Kier alpha value is -3.15. The average Bonchev–Trinajstić information content (AvgIpc) is 3.47. The highest BCUT2D eigenvalue weighted by Gasteiger charge is 2.19. The van der Waals surface area contributed by atoms with E-state index < -0.39 is 6.10 Å². The van der Waals surface area contributed by atoms with Gasteiger partial charge < -0.3 is 14.2 Å². The smallest absolute Gasteiger partial charge is 0.306 e. The van der Waals surface area contributed by atoms with E-state index in [1.807, 2.05) is 0 Å². The summed E-state index contributed by atoms with van der Waals surface area (Å²) in [4.78, 5) is 38.4. The molecule has 81 heavy (non-hydrogen) atoms. The fourth-order valence-electron chi connectivity index (χ4n) is 10.4. The van der Waals surface area contributed by atoms with Crippen LogP contribution in [0.5, 0.6) is 0 Å². The standard InChI is InChI=1S/C75H134O6/c1-4-7-10-13-16-19-22-25-28-30-32-34-35-36-37-38-39-40-41-42-44-45-47-50-53-56-59-62-65-68-74(77)80-71-72(70-79-73(76)67-64-61-58-55-52-49-27-24-21-18-15-12-9-6-3)81-75(78)69-66-63-60-57-54-51-48-46-43-33-31-29-26-23-20-17-14-11-8-5-2/h7,10,15-16,18-19,24-25,27-28,32,34,72H,4-6,8-9,11-14,17,20-23,26,29-31,33,35-71H2,1-3H3/b10-7-,18-15-,19-16-,27-24-,28-25-,34-32-. The maximum Gasteiger partial charge on any atom is 0.306 e. The second kappa shape index (κ2) is 69.3. The summed E-state index contributed by atoms with van der Waals surface area (Å²) in [6.07, 6.45) is 90.7. The molecule has 0 aromatic carbocycles. The summed E-state index contributed by atoms with van der Waals surface area (Å²) < 4.78 is 17.0. The number of rotatable bonds is 65. The molecule has 6 heteroatoms. The van der Waals surface area contributed by atoms with Gasteiger partial charge in [-0.15, -0.1) is 0 Å². The minimum Gasteiger partial charge on any atom is -0.462 e. The molecule has 0 saturated heterocycles. The quantitative estimate of drug-likeness (QED) is 0.0261. The van der Waals surface area contributed by atoms with Crippen molar-refractivity contribution in [2.24, 2.45) is 0 Å². The largest absolute Gasteiger partial charge is 0.462 e. The maximum atomic E-state index is 13.0. The summed E-state index contributed by atoms with van der Waals surface area (Å²) >= 11 is 0. The molecule has 0 aliphatic heterocycles. The van der Waals surface area contributed by atoms with Crippen LogP contribution in [0.3, 0.4) is 0 Å². The SMILES string of the molecule is CC/C=C\C/C=C\C/C=C\C/C=C\CCCCCCCCCCCCCCCCCCC(=O)OCC(COC(=O)CCCCCCC/C=C\C/C=C\CCCC)OC(=O)CCCCCCCCCCCCCCCCCCCCCC. The van der Waals surface area contributed by atoms with Gasteiger partial charge in [0.05, 0.1) is 0 Å². The normalized spacial score (nSPS) is 12.5. The van der Waals surface area contributed by atoms with Crippen molar-refractivity contribution in [1.29, 1.82) is 0 Å².